The molecule has 1 atom stereocenters. The Morgan fingerprint density at radius 1 is 1.09 bits per heavy atom. The summed E-state index contributed by atoms with van der Waals surface area (Å²) < 4.78 is 21.2. The SMILES string of the molecule is CC(=N)N1CCC(Oc2ccc3c(c2)CCS(=O)N3Cc2ccc3ccc(C(N)=O)cc3c2)CC1. The molecule has 1 unspecified atom stereocenters. The fourth-order valence-electron chi connectivity index (χ4n) is 4.87. The van der Waals surface area contributed by atoms with Crippen molar-refractivity contribution in [3.05, 3.63) is 71.3 Å². The van der Waals surface area contributed by atoms with E-state index >= 15 is 0 Å². The van der Waals surface area contributed by atoms with Gasteiger partial charge in [-0.05, 0) is 71.6 Å². The van der Waals surface area contributed by atoms with Gasteiger partial charge in [0.05, 0.1) is 18.1 Å². The Morgan fingerprint density at radius 2 is 1.86 bits per heavy atom. The summed E-state index contributed by atoms with van der Waals surface area (Å²) in [4.78, 5) is 13.7. The van der Waals surface area contributed by atoms with Crippen LogP contribution >= 0.6 is 0 Å². The van der Waals surface area contributed by atoms with Gasteiger partial charge in [0.1, 0.15) is 22.8 Å². The van der Waals surface area contributed by atoms with Crippen molar-refractivity contribution >= 4 is 39.2 Å². The first-order valence-corrected chi connectivity index (χ1v) is 13.2. The number of nitrogens with two attached hydrogens (primary N) is 1. The van der Waals surface area contributed by atoms with Crippen LogP contribution < -0.4 is 14.8 Å². The monoisotopic (exact) mass is 490 g/mol. The van der Waals surface area contributed by atoms with Crippen molar-refractivity contribution in [1.29, 1.82) is 5.41 Å². The number of amidine groups is 1. The van der Waals surface area contributed by atoms with E-state index in [-0.39, 0.29) is 6.10 Å². The number of amides is 1. The molecule has 8 heteroatoms. The number of primary amides is 1. The smallest absolute Gasteiger partial charge is 0.248 e. The third kappa shape index (κ3) is 5.03. The minimum atomic E-state index is -1.11. The van der Waals surface area contributed by atoms with Gasteiger partial charge in [-0.2, -0.15) is 0 Å². The number of likely N-dealkylation sites (tertiary alicyclic amines) is 1. The van der Waals surface area contributed by atoms with Crippen LogP contribution in [0.4, 0.5) is 5.69 Å². The highest BCUT2D eigenvalue weighted by molar-refractivity contribution is 7.86. The minimum absolute atomic E-state index is 0.153. The van der Waals surface area contributed by atoms with Crippen LogP contribution in [-0.2, 0) is 24.0 Å². The number of piperidine rings is 1. The van der Waals surface area contributed by atoms with Gasteiger partial charge in [-0.1, -0.05) is 18.2 Å². The number of carbonyl (C=O) groups is 1. The molecule has 3 N–H and O–H groups in total. The lowest BCUT2D eigenvalue weighted by molar-refractivity contribution is 0.100. The fourth-order valence-corrected chi connectivity index (χ4v) is 6.17. The molecular weight excluding hydrogens is 460 g/mol. The number of anilines is 1. The summed E-state index contributed by atoms with van der Waals surface area (Å²) in [5.74, 6) is 1.60. The molecule has 7 nitrogen and oxygen atoms in total. The number of aryl methyl sites for hydroxylation is 1. The first-order valence-electron chi connectivity index (χ1n) is 12.0. The Labute approximate surface area is 208 Å². The Bertz CT molecular complexity index is 1320. The summed E-state index contributed by atoms with van der Waals surface area (Å²) in [7, 11) is -1.11. The molecule has 3 aromatic rings. The van der Waals surface area contributed by atoms with E-state index in [4.69, 9.17) is 15.9 Å². The molecule has 0 spiro atoms. The highest BCUT2D eigenvalue weighted by Gasteiger charge is 2.25. The highest BCUT2D eigenvalue weighted by atomic mass is 32.2. The number of nitrogens with zero attached hydrogens (tertiary/aromatic N) is 2. The van der Waals surface area contributed by atoms with E-state index in [0.29, 0.717) is 23.7 Å². The molecule has 0 bridgehead atoms. The van der Waals surface area contributed by atoms with Gasteiger partial charge in [-0.25, -0.2) is 4.21 Å². The molecule has 2 aliphatic heterocycles. The fraction of sp³-hybridized carbons (Fsp3) is 0.333. The summed E-state index contributed by atoms with van der Waals surface area (Å²) in [6.07, 6.45) is 2.72. The lowest BCUT2D eigenvalue weighted by Gasteiger charge is -2.33. The molecule has 5 rings (SSSR count). The van der Waals surface area contributed by atoms with Crippen molar-refractivity contribution in [2.45, 2.75) is 38.8 Å². The van der Waals surface area contributed by atoms with E-state index in [9.17, 15) is 9.00 Å². The van der Waals surface area contributed by atoms with Gasteiger partial charge in [0.25, 0.3) is 0 Å². The number of hydrogen-bond acceptors (Lipinski definition) is 4. The molecule has 0 aromatic heterocycles. The molecule has 2 aliphatic rings. The molecule has 1 amide bonds. The van der Waals surface area contributed by atoms with Crippen molar-refractivity contribution in [3.8, 4) is 5.75 Å². The van der Waals surface area contributed by atoms with Gasteiger partial charge in [-0.3, -0.25) is 14.5 Å². The number of hydrogen-bond donors (Lipinski definition) is 2. The number of rotatable bonds is 5. The van der Waals surface area contributed by atoms with E-state index < -0.39 is 16.9 Å². The molecule has 3 aromatic carbocycles. The van der Waals surface area contributed by atoms with Crippen molar-refractivity contribution in [2.75, 3.05) is 23.1 Å². The van der Waals surface area contributed by atoms with Crippen LogP contribution in [0.3, 0.4) is 0 Å². The Balaban J connectivity index is 1.33. The topological polar surface area (TPSA) is 99.7 Å². The molecule has 0 aliphatic carbocycles. The van der Waals surface area contributed by atoms with Crippen molar-refractivity contribution in [1.82, 2.24) is 4.90 Å². The summed E-state index contributed by atoms with van der Waals surface area (Å²) in [5.41, 5.74) is 9.07. The van der Waals surface area contributed by atoms with E-state index in [1.165, 1.54) is 0 Å². The average Bonchev–Trinajstić information content (AvgIpc) is 2.85. The maximum absolute atomic E-state index is 13.0. The minimum Gasteiger partial charge on any atom is -0.490 e. The van der Waals surface area contributed by atoms with Crippen LogP contribution in [0.5, 0.6) is 5.75 Å². The third-order valence-electron chi connectivity index (χ3n) is 6.85. The molecule has 1 fully saturated rings. The summed E-state index contributed by atoms with van der Waals surface area (Å²) in [6.45, 7) is 4.05. The van der Waals surface area contributed by atoms with Crippen LogP contribution in [0.2, 0.25) is 0 Å². The third-order valence-corrected chi connectivity index (χ3v) is 8.22. The summed E-state index contributed by atoms with van der Waals surface area (Å²) in [6, 6.07) is 17.6. The second kappa shape index (κ2) is 9.70. The number of benzene rings is 3. The molecule has 35 heavy (non-hydrogen) atoms. The maximum Gasteiger partial charge on any atom is 0.248 e. The molecule has 182 valence electrons. The predicted molar refractivity (Wildman–Crippen MR) is 140 cm³/mol. The van der Waals surface area contributed by atoms with Crippen LogP contribution in [0, 0.1) is 5.41 Å². The van der Waals surface area contributed by atoms with Crippen molar-refractivity contribution in [3.63, 3.8) is 0 Å². The lowest BCUT2D eigenvalue weighted by Crippen LogP contribution is -2.40. The summed E-state index contributed by atoms with van der Waals surface area (Å²) in [5, 5.41) is 9.77. The van der Waals surface area contributed by atoms with Gasteiger partial charge in [0, 0.05) is 37.2 Å². The average molecular weight is 491 g/mol. The molecular formula is C27H30N4O3S. The maximum atomic E-state index is 13.0. The Kier molecular flexibility index (Phi) is 6.47. The zero-order valence-corrected chi connectivity index (χ0v) is 20.6. The van der Waals surface area contributed by atoms with Crippen LogP contribution in [0.15, 0.2) is 54.6 Å². The normalized spacial score (nSPS) is 18.4. The molecule has 0 saturated carbocycles. The predicted octanol–water partition coefficient (Wildman–Crippen LogP) is 4.01. The van der Waals surface area contributed by atoms with Gasteiger partial charge >= 0.3 is 0 Å². The van der Waals surface area contributed by atoms with E-state index in [1.54, 1.807) is 12.1 Å². The number of carbonyl (C=O) groups excluding carboxylic acids is 1. The highest BCUT2D eigenvalue weighted by Crippen LogP contribution is 2.33. The Hall–Kier alpha value is -3.39. The first-order chi connectivity index (χ1) is 16.9. The largest absolute Gasteiger partial charge is 0.490 e. The van der Waals surface area contributed by atoms with Gasteiger partial charge in [0.15, 0.2) is 0 Å². The van der Waals surface area contributed by atoms with E-state index in [0.717, 1.165) is 65.7 Å². The van der Waals surface area contributed by atoms with Crippen LogP contribution in [-0.4, -0.2) is 45.8 Å². The van der Waals surface area contributed by atoms with E-state index in [2.05, 4.69) is 11.0 Å². The van der Waals surface area contributed by atoms with Crippen LogP contribution in [0.1, 0.15) is 41.3 Å². The molecule has 0 radical (unpaired) electrons. The van der Waals surface area contributed by atoms with Gasteiger partial charge in [-0.15, -0.1) is 0 Å². The molecule has 1 saturated heterocycles. The van der Waals surface area contributed by atoms with Crippen LogP contribution in [0.25, 0.3) is 10.8 Å². The van der Waals surface area contributed by atoms with E-state index in [1.807, 2.05) is 47.6 Å². The molecule has 2 heterocycles. The summed E-state index contributed by atoms with van der Waals surface area (Å²) >= 11 is 0. The standard InChI is InChI=1S/C27H30N4O3S/c1-18(28)30-11-8-24(9-12-30)34-25-6-7-26-21(16-25)10-13-35(33)31(26)17-19-2-3-20-4-5-22(27(29)32)15-23(20)14-19/h2-7,14-16,24,28H,8-13,17H2,1H3,(H2,29,32). The van der Waals surface area contributed by atoms with Crippen molar-refractivity contribution < 1.29 is 13.7 Å². The van der Waals surface area contributed by atoms with Gasteiger partial charge in [0.2, 0.25) is 5.91 Å². The number of nitrogens with one attached hydrogen (secondary N) is 1. The Morgan fingerprint density at radius 3 is 2.60 bits per heavy atom. The number of fused-ring (bicyclic) bond motifs is 2. The zero-order valence-electron chi connectivity index (χ0n) is 19.8. The lowest BCUT2D eigenvalue weighted by atomic mass is 10.0. The van der Waals surface area contributed by atoms with Crippen molar-refractivity contribution in [2.24, 2.45) is 5.73 Å². The first kappa shape index (κ1) is 23.4. The number of ether oxygens (including phenoxy) is 1. The van der Waals surface area contributed by atoms with Gasteiger partial charge < -0.3 is 15.4 Å². The second-order valence-electron chi connectivity index (χ2n) is 9.25. The second-order valence-corrected chi connectivity index (χ2v) is 10.7. The zero-order chi connectivity index (χ0) is 24.5. The quantitative estimate of drug-likeness (QED) is 0.417.